The molecule has 1 aliphatic carbocycles. The Balaban J connectivity index is 1.62. The van der Waals surface area contributed by atoms with Crippen molar-refractivity contribution in [2.75, 3.05) is 11.1 Å². The van der Waals surface area contributed by atoms with Gasteiger partial charge in [-0.25, -0.2) is 4.39 Å². The van der Waals surface area contributed by atoms with E-state index in [2.05, 4.69) is 20.7 Å². The van der Waals surface area contributed by atoms with Gasteiger partial charge in [-0.3, -0.25) is 14.2 Å². The average Bonchev–Trinajstić information content (AvgIpc) is 3.37. The number of amides is 1. The Morgan fingerprint density at radius 1 is 1.43 bits per heavy atom. The smallest absolute Gasteiger partial charge is 0.261 e. The maximum absolute atomic E-state index is 13.4. The summed E-state index contributed by atoms with van der Waals surface area (Å²) in [5.41, 5.74) is 6.53. The van der Waals surface area contributed by atoms with Gasteiger partial charge in [0.25, 0.3) is 5.91 Å². The van der Waals surface area contributed by atoms with Crippen molar-refractivity contribution in [3.05, 3.63) is 52.2 Å². The van der Waals surface area contributed by atoms with Crippen LogP contribution >= 0.6 is 11.6 Å². The van der Waals surface area contributed by atoms with E-state index >= 15 is 0 Å². The Hall–Kier alpha value is -2.98. The molecule has 1 fully saturated rings. The van der Waals surface area contributed by atoms with E-state index in [1.165, 1.54) is 27.6 Å². The van der Waals surface area contributed by atoms with E-state index in [0.29, 0.717) is 36.3 Å². The molecule has 2 atom stereocenters. The molecule has 2 unspecified atom stereocenters. The van der Waals surface area contributed by atoms with Gasteiger partial charge < -0.3 is 16.2 Å². The lowest BCUT2D eigenvalue weighted by Gasteiger charge is -2.19. The molecule has 2 aromatic heterocycles. The molecule has 0 spiro atoms. The summed E-state index contributed by atoms with van der Waals surface area (Å²) in [4.78, 5) is 13.0. The van der Waals surface area contributed by atoms with Crippen molar-refractivity contribution in [1.29, 1.82) is 0 Å². The largest absolute Gasteiger partial charge is 0.383 e. The van der Waals surface area contributed by atoms with Gasteiger partial charge in [-0.2, -0.15) is 5.10 Å². The summed E-state index contributed by atoms with van der Waals surface area (Å²) >= 11 is 5.80. The first-order chi connectivity index (χ1) is 14.2. The number of carbonyl (C=O) groups is 1. The normalized spacial score (nSPS) is 21.2. The maximum Gasteiger partial charge on any atom is 0.261 e. The molecule has 1 saturated carbocycles. The number of benzene rings is 1. The number of anilines is 2. The van der Waals surface area contributed by atoms with E-state index in [-0.39, 0.29) is 22.3 Å². The standard InChI is InChI=1S/C19H21ClFN7O2/c1-27-9-14(24-26-27)19(30)6-5-10(8-19)16-15(17(22)28(2)25-16)18(29)23-11-3-4-13(21)12(20)7-11/h3-4,7,9-10,30H,5-6,8,22H2,1-2H3,(H,23,29). The van der Waals surface area contributed by atoms with Gasteiger partial charge in [0, 0.05) is 25.7 Å². The Bertz CT molecular complexity index is 1130. The van der Waals surface area contributed by atoms with Gasteiger partial charge in [0.05, 0.1) is 16.9 Å². The van der Waals surface area contributed by atoms with Crippen molar-refractivity contribution in [3.8, 4) is 0 Å². The monoisotopic (exact) mass is 433 g/mol. The minimum Gasteiger partial charge on any atom is -0.383 e. The number of rotatable bonds is 4. The van der Waals surface area contributed by atoms with Crippen LogP contribution < -0.4 is 11.1 Å². The Morgan fingerprint density at radius 2 is 2.20 bits per heavy atom. The van der Waals surface area contributed by atoms with E-state index < -0.39 is 17.3 Å². The van der Waals surface area contributed by atoms with Crippen LogP contribution in [0.3, 0.4) is 0 Å². The van der Waals surface area contributed by atoms with Gasteiger partial charge in [0.1, 0.15) is 28.5 Å². The third kappa shape index (κ3) is 3.52. The third-order valence-electron chi connectivity index (χ3n) is 5.48. The highest BCUT2D eigenvalue weighted by Gasteiger charge is 2.44. The first kappa shape index (κ1) is 20.3. The molecule has 30 heavy (non-hydrogen) atoms. The van der Waals surface area contributed by atoms with Crippen LogP contribution in [0.25, 0.3) is 0 Å². The van der Waals surface area contributed by atoms with E-state index in [1.807, 2.05) is 0 Å². The number of nitrogens with zero attached hydrogens (tertiary/aromatic N) is 5. The first-order valence-corrected chi connectivity index (χ1v) is 9.73. The predicted octanol–water partition coefficient (Wildman–Crippen LogP) is 2.33. The Kier molecular flexibility index (Phi) is 4.99. The molecule has 0 bridgehead atoms. The highest BCUT2D eigenvalue weighted by atomic mass is 35.5. The minimum atomic E-state index is -1.15. The molecule has 2 heterocycles. The van der Waals surface area contributed by atoms with Gasteiger partial charge in [-0.05, 0) is 37.5 Å². The number of aliphatic hydroxyl groups is 1. The second kappa shape index (κ2) is 7.37. The minimum absolute atomic E-state index is 0.1000. The molecule has 1 amide bonds. The molecule has 1 aliphatic rings. The number of carbonyl (C=O) groups excluding carboxylic acids is 1. The first-order valence-electron chi connectivity index (χ1n) is 9.36. The fourth-order valence-corrected chi connectivity index (χ4v) is 4.08. The zero-order valence-corrected chi connectivity index (χ0v) is 17.2. The van der Waals surface area contributed by atoms with Crippen LogP contribution in [0, 0.1) is 5.82 Å². The molecule has 11 heteroatoms. The molecule has 9 nitrogen and oxygen atoms in total. The van der Waals surface area contributed by atoms with Crippen LogP contribution in [-0.2, 0) is 19.7 Å². The van der Waals surface area contributed by atoms with Crippen molar-refractivity contribution < 1.29 is 14.3 Å². The second-order valence-corrected chi connectivity index (χ2v) is 8.01. The Labute approximate surface area is 176 Å². The number of aromatic nitrogens is 5. The van der Waals surface area contributed by atoms with Crippen LogP contribution in [0.15, 0.2) is 24.4 Å². The van der Waals surface area contributed by atoms with Crippen molar-refractivity contribution in [2.45, 2.75) is 30.8 Å². The van der Waals surface area contributed by atoms with Gasteiger partial charge in [-0.15, -0.1) is 5.10 Å². The Morgan fingerprint density at radius 3 is 2.87 bits per heavy atom. The van der Waals surface area contributed by atoms with Crippen molar-refractivity contribution in [2.24, 2.45) is 14.1 Å². The lowest BCUT2D eigenvalue weighted by atomic mass is 9.94. The highest BCUT2D eigenvalue weighted by Crippen LogP contribution is 2.47. The van der Waals surface area contributed by atoms with Crippen LogP contribution in [-0.4, -0.2) is 35.8 Å². The maximum atomic E-state index is 13.4. The molecule has 1 aromatic carbocycles. The number of nitrogens with two attached hydrogens (primary N) is 1. The topological polar surface area (TPSA) is 124 Å². The van der Waals surface area contributed by atoms with Crippen molar-refractivity contribution >= 4 is 29.0 Å². The lowest BCUT2D eigenvalue weighted by Crippen LogP contribution is -2.22. The van der Waals surface area contributed by atoms with Crippen LogP contribution in [0.2, 0.25) is 5.02 Å². The van der Waals surface area contributed by atoms with E-state index in [1.54, 1.807) is 20.3 Å². The predicted molar refractivity (Wildman–Crippen MR) is 108 cm³/mol. The lowest BCUT2D eigenvalue weighted by molar-refractivity contribution is 0.0380. The molecular formula is C19H21ClFN7O2. The second-order valence-electron chi connectivity index (χ2n) is 7.60. The summed E-state index contributed by atoms with van der Waals surface area (Å²) in [5, 5.41) is 26.0. The molecule has 0 aliphatic heterocycles. The molecular weight excluding hydrogens is 413 g/mol. The molecule has 3 aromatic rings. The van der Waals surface area contributed by atoms with Gasteiger partial charge >= 0.3 is 0 Å². The van der Waals surface area contributed by atoms with Crippen molar-refractivity contribution in [1.82, 2.24) is 24.8 Å². The quantitative estimate of drug-likeness (QED) is 0.580. The molecule has 158 valence electrons. The van der Waals surface area contributed by atoms with Crippen LogP contribution in [0.1, 0.15) is 46.9 Å². The third-order valence-corrected chi connectivity index (χ3v) is 5.77. The molecule has 4 N–H and O–H groups in total. The summed E-state index contributed by atoms with van der Waals surface area (Å²) in [5.74, 6) is -1.05. The molecule has 0 radical (unpaired) electrons. The SMILES string of the molecule is Cn1cc(C2(O)CCC(c3nn(C)c(N)c3C(=O)Nc3ccc(F)c(Cl)c3)C2)nn1. The number of aryl methyl sites for hydroxylation is 2. The number of nitrogens with one attached hydrogen (secondary N) is 1. The number of hydrogen-bond donors (Lipinski definition) is 3. The number of hydrogen-bond acceptors (Lipinski definition) is 6. The zero-order valence-electron chi connectivity index (χ0n) is 16.4. The average molecular weight is 434 g/mol. The summed E-state index contributed by atoms with van der Waals surface area (Å²) in [6.07, 6.45) is 3.08. The zero-order chi connectivity index (χ0) is 21.6. The van der Waals surface area contributed by atoms with E-state index in [4.69, 9.17) is 17.3 Å². The summed E-state index contributed by atoms with van der Waals surface area (Å²) in [7, 11) is 3.38. The number of halogens is 2. The highest BCUT2D eigenvalue weighted by molar-refractivity contribution is 6.31. The fraction of sp³-hybridized carbons (Fsp3) is 0.368. The number of nitrogen functional groups attached to an aromatic ring is 1. The van der Waals surface area contributed by atoms with Gasteiger partial charge in [0.15, 0.2) is 0 Å². The molecule has 0 saturated heterocycles. The molecule has 4 rings (SSSR count). The summed E-state index contributed by atoms with van der Waals surface area (Å²) < 4.78 is 16.4. The van der Waals surface area contributed by atoms with E-state index in [9.17, 15) is 14.3 Å². The summed E-state index contributed by atoms with van der Waals surface area (Å²) in [6, 6.07) is 3.90. The van der Waals surface area contributed by atoms with E-state index in [0.717, 1.165) is 0 Å². The van der Waals surface area contributed by atoms with Crippen LogP contribution in [0.5, 0.6) is 0 Å². The fourth-order valence-electron chi connectivity index (χ4n) is 3.90. The van der Waals surface area contributed by atoms with Crippen LogP contribution in [0.4, 0.5) is 15.9 Å². The van der Waals surface area contributed by atoms with Gasteiger partial charge in [-0.1, -0.05) is 16.8 Å². The van der Waals surface area contributed by atoms with Gasteiger partial charge in [0.2, 0.25) is 0 Å². The van der Waals surface area contributed by atoms with Crippen molar-refractivity contribution in [3.63, 3.8) is 0 Å². The summed E-state index contributed by atoms with van der Waals surface area (Å²) in [6.45, 7) is 0.